The Balaban J connectivity index is 2.23. The molecule has 0 bridgehead atoms. The molecule has 0 unspecified atom stereocenters. The molecule has 1 aromatic carbocycles. The third kappa shape index (κ3) is 3.68. The number of benzene rings is 1. The lowest BCUT2D eigenvalue weighted by molar-refractivity contribution is 0.407. The van der Waals surface area contributed by atoms with Gasteiger partial charge in [-0.25, -0.2) is 13.1 Å². The lowest BCUT2D eigenvalue weighted by Gasteiger charge is -2.12. The van der Waals surface area contributed by atoms with E-state index in [4.69, 9.17) is 4.74 Å². The van der Waals surface area contributed by atoms with Crippen molar-refractivity contribution >= 4 is 10.0 Å². The summed E-state index contributed by atoms with van der Waals surface area (Å²) in [5.41, 5.74) is 0.869. The van der Waals surface area contributed by atoms with Gasteiger partial charge in [0.1, 0.15) is 5.75 Å². The van der Waals surface area contributed by atoms with Gasteiger partial charge in [-0.3, -0.25) is 0 Å². The molecule has 106 valence electrons. The van der Waals surface area contributed by atoms with Crippen molar-refractivity contribution in [2.45, 2.75) is 37.2 Å². The standard InChI is InChI=1S/C13H20N2O3S/c1-3-15-19(16,17)12-6-7-13(18-2)10(8-12)9-14-11-4-5-11/h6-8,11,14-15H,3-5,9H2,1-2H3. The molecule has 0 spiro atoms. The predicted molar refractivity (Wildman–Crippen MR) is 73.7 cm³/mol. The number of sulfonamides is 1. The van der Waals surface area contributed by atoms with E-state index in [0.29, 0.717) is 24.9 Å². The molecule has 1 fully saturated rings. The molecule has 0 radical (unpaired) electrons. The molecular weight excluding hydrogens is 264 g/mol. The predicted octanol–water partition coefficient (Wildman–Crippen LogP) is 1.25. The maximum absolute atomic E-state index is 12.0. The Hall–Kier alpha value is -1.11. The largest absolute Gasteiger partial charge is 0.496 e. The summed E-state index contributed by atoms with van der Waals surface area (Å²) in [5.74, 6) is 0.712. The van der Waals surface area contributed by atoms with E-state index in [2.05, 4.69) is 10.0 Å². The van der Waals surface area contributed by atoms with Crippen molar-refractivity contribution in [1.29, 1.82) is 0 Å². The van der Waals surface area contributed by atoms with E-state index in [1.807, 2.05) is 0 Å². The molecule has 0 aliphatic heterocycles. The number of nitrogens with one attached hydrogen (secondary N) is 2. The normalized spacial score (nSPS) is 15.5. The fourth-order valence-electron chi connectivity index (χ4n) is 1.88. The Morgan fingerprint density at radius 1 is 1.37 bits per heavy atom. The van der Waals surface area contributed by atoms with Crippen LogP contribution in [0.25, 0.3) is 0 Å². The Morgan fingerprint density at radius 3 is 2.68 bits per heavy atom. The Morgan fingerprint density at radius 2 is 2.11 bits per heavy atom. The maximum atomic E-state index is 12.0. The van der Waals surface area contributed by atoms with Crippen LogP contribution in [0.3, 0.4) is 0 Å². The van der Waals surface area contributed by atoms with Crippen molar-refractivity contribution in [3.8, 4) is 5.75 Å². The lowest BCUT2D eigenvalue weighted by Crippen LogP contribution is -2.23. The highest BCUT2D eigenvalue weighted by Crippen LogP contribution is 2.25. The summed E-state index contributed by atoms with van der Waals surface area (Å²) < 4.78 is 31.7. The quantitative estimate of drug-likeness (QED) is 0.790. The summed E-state index contributed by atoms with van der Waals surface area (Å²) in [4.78, 5) is 0.280. The summed E-state index contributed by atoms with van der Waals surface area (Å²) in [6.45, 7) is 2.77. The second kappa shape index (κ2) is 5.90. The van der Waals surface area contributed by atoms with Crippen LogP contribution >= 0.6 is 0 Å². The molecule has 0 aromatic heterocycles. The summed E-state index contributed by atoms with van der Waals surface area (Å²) in [6, 6.07) is 5.51. The first-order valence-electron chi connectivity index (χ1n) is 6.46. The van der Waals surface area contributed by atoms with Crippen LogP contribution in [0.4, 0.5) is 0 Å². The summed E-state index contributed by atoms with van der Waals surface area (Å²) in [5, 5.41) is 3.36. The molecule has 2 rings (SSSR count). The smallest absolute Gasteiger partial charge is 0.240 e. The van der Waals surface area contributed by atoms with Crippen LogP contribution in [-0.2, 0) is 16.6 Å². The zero-order chi connectivity index (χ0) is 13.9. The van der Waals surface area contributed by atoms with E-state index in [9.17, 15) is 8.42 Å². The van der Waals surface area contributed by atoms with Gasteiger partial charge < -0.3 is 10.1 Å². The molecular formula is C13H20N2O3S. The van der Waals surface area contributed by atoms with Crippen molar-refractivity contribution in [3.05, 3.63) is 23.8 Å². The molecule has 1 saturated carbocycles. The summed E-state index contributed by atoms with van der Waals surface area (Å²) >= 11 is 0. The zero-order valence-corrected chi connectivity index (χ0v) is 12.1. The first kappa shape index (κ1) is 14.3. The van der Waals surface area contributed by atoms with E-state index >= 15 is 0 Å². The van der Waals surface area contributed by atoms with Crippen LogP contribution in [0.1, 0.15) is 25.3 Å². The molecule has 1 aromatic rings. The number of hydrogen-bond donors (Lipinski definition) is 2. The fourth-order valence-corrected chi connectivity index (χ4v) is 2.97. The second-order valence-electron chi connectivity index (χ2n) is 4.63. The van der Waals surface area contributed by atoms with Crippen LogP contribution in [0.5, 0.6) is 5.75 Å². The van der Waals surface area contributed by atoms with E-state index in [1.165, 1.54) is 12.8 Å². The third-order valence-electron chi connectivity index (χ3n) is 3.06. The van der Waals surface area contributed by atoms with E-state index in [0.717, 1.165) is 5.56 Å². The van der Waals surface area contributed by atoms with Gasteiger partial charge in [-0.15, -0.1) is 0 Å². The van der Waals surface area contributed by atoms with Gasteiger partial charge in [-0.2, -0.15) is 0 Å². The first-order valence-corrected chi connectivity index (χ1v) is 7.95. The monoisotopic (exact) mass is 284 g/mol. The molecule has 1 aliphatic rings. The van der Waals surface area contributed by atoms with Gasteiger partial charge in [0.2, 0.25) is 10.0 Å². The number of rotatable bonds is 7. The molecule has 19 heavy (non-hydrogen) atoms. The van der Waals surface area contributed by atoms with Gasteiger partial charge in [0.25, 0.3) is 0 Å². The number of hydrogen-bond acceptors (Lipinski definition) is 4. The highest BCUT2D eigenvalue weighted by atomic mass is 32.2. The van der Waals surface area contributed by atoms with Crippen molar-refractivity contribution in [3.63, 3.8) is 0 Å². The molecule has 1 aliphatic carbocycles. The second-order valence-corrected chi connectivity index (χ2v) is 6.40. The molecule has 0 saturated heterocycles. The summed E-state index contributed by atoms with van der Waals surface area (Å²) in [7, 11) is -1.82. The Bertz CT molecular complexity index is 539. The number of ether oxygens (including phenoxy) is 1. The third-order valence-corrected chi connectivity index (χ3v) is 4.60. The van der Waals surface area contributed by atoms with E-state index in [-0.39, 0.29) is 4.90 Å². The minimum Gasteiger partial charge on any atom is -0.496 e. The Labute approximate surface area is 114 Å². The Kier molecular flexibility index (Phi) is 4.44. The van der Waals surface area contributed by atoms with Gasteiger partial charge in [0, 0.05) is 24.7 Å². The minimum absolute atomic E-state index is 0.280. The van der Waals surface area contributed by atoms with Gasteiger partial charge in [-0.1, -0.05) is 6.92 Å². The van der Waals surface area contributed by atoms with Crippen molar-refractivity contribution in [2.24, 2.45) is 0 Å². The lowest BCUT2D eigenvalue weighted by atomic mass is 10.2. The van der Waals surface area contributed by atoms with Crippen LogP contribution in [-0.4, -0.2) is 28.1 Å². The van der Waals surface area contributed by atoms with Crippen LogP contribution < -0.4 is 14.8 Å². The van der Waals surface area contributed by atoms with Gasteiger partial charge >= 0.3 is 0 Å². The van der Waals surface area contributed by atoms with Gasteiger partial charge in [-0.05, 0) is 31.0 Å². The maximum Gasteiger partial charge on any atom is 0.240 e. The van der Waals surface area contributed by atoms with E-state index < -0.39 is 10.0 Å². The molecule has 0 amide bonds. The average molecular weight is 284 g/mol. The number of methoxy groups -OCH3 is 1. The van der Waals surface area contributed by atoms with Crippen molar-refractivity contribution < 1.29 is 13.2 Å². The molecule has 2 N–H and O–H groups in total. The average Bonchev–Trinajstić information content (AvgIpc) is 3.20. The van der Waals surface area contributed by atoms with Crippen LogP contribution in [0.15, 0.2) is 23.1 Å². The minimum atomic E-state index is -3.41. The molecule has 5 nitrogen and oxygen atoms in total. The molecule has 6 heteroatoms. The molecule has 0 atom stereocenters. The summed E-state index contributed by atoms with van der Waals surface area (Å²) in [6.07, 6.45) is 2.38. The van der Waals surface area contributed by atoms with E-state index in [1.54, 1.807) is 32.2 Å². The SMILES string of the molecule is CCNS(=O)(=O)c1ccc(OC)c(CNC2CC2)c1. The molecule has 0 heterocycles. The first-order chi connectivity index (χ1) is 9.06. The van der Waals surface area contributed by atoms with Crippen LogP contribution in [0.2, 0.25) is 0 Å². The highest BCUT2D eigenvalue weighted by Gasteiger charge is 2.21. The van der Waals surface area contributed by atoms with Crippen molar-refractivity contribution in [2.75, 3.05) is 13.7 Å². The fraction of sp³-hybridized carbons (Fsp3) is 0.538. The van der Waals surface area contributed by atoms with Crippen molar-refractivity contribution in [1.82, 2.24) is 10.0 Å². The topological polar surface area (TPSA) is 67.4 Å². The van der Waals surface area contributed by atoms with Gasteiger partial charge in [0.15, 0.2) is 0 Å². The van der Waals surface area contributed by atoms with Gasteiger partial charge in [0.05, 0.1) is 12.0 Å². The van der Waals surface area contributed by atoms with Crippen LogP contribution in [0, 0.1) is 0 Å². The zero-order valence-electron chi connectivity index (χ0n) is 11.3. The highest BCUT2D eigenvalue weighted by molar-refractivity contribution is 7.89.